The highest BCUT2D eigenvalue weighted by Gasteiger charge is 2.46. The summed E-state index contributed by atoms with van der Waals surface area (Å²) < 4.78 is 5.28. The molecule has 184 valence electrons. The van der Waals surface area contributed by atoms with Gasteiger partial charge in [0.2, 0.25) is 0 Å². The molecule has 1 heterocycles. The molecule has 1 aliphatic heterocycles. The quantitative estimate of drug-likeness (QED) is 0.581. The van der Waals surface area contributed by atoms with E-state index in [1.807, 2.05) is 0 Å². The highest BCUT2D eigenvalue weighted by atomic mass is 16.6. The molecule has 10 heteroatoms. The molecule has 2 atom stereocenters. The van der Waals surface area contributed by atoms with Gasteiger partial charge in [-0.3, -0.25) is 14.4 Å². The van der Waals surface area contributed by atoms with Crippen LogP contribution < -0.4 is 5.32 Å². The third-order valence-electron chi connectivity index (χ3n) is 5.21. The van der Waals surface area contributed by atoms with Gasteiger partial charge < -0.3 is 15.2 Å². The first-order valence-electron chi connectivity index (χ1n) is 11.0. The fraction of sp³-hybridized carbons (Fsp3) is 0.320. The number of benzene rings is 2. The van der Waals surface area contributed by atoms with E-state index in [1.165, 1.54) is 19.1 Å². The van der Waals surface area contributed by atoms with Crippen LogP contribution in [-0.4, -0.2) is 62.6 Å². The Morgan fingerprint density at radius 1 is 0.971 bits per heavy atom. The maximum atomic E-state index is 13.8. The molecule has 0 aromatic heterocycles. The van der Waals surface area contributed by atoms with E-state index in [0.29, 0.717) is 15.6 Å². The van der Waals surface area contributed by atoms with Crippen molar-refractivity contribution in [2.45, 2.75) is 51.8 Å². The largest absolute Gasteiger partial charge is 0.480 e. The van der Waals surface area contributed by atoms with Gasteiger partial charge in [0.25, 0.3) is 17.7 Å². The molecule has 0 saturated heterocycles. The SMILES string of the molecule is C[C@@H](C(=O)O)N(C(=O)[C@H](Cc1ccccc1)NC(=O)OC(C)(C)C)N1C(=O)c2ccccc2C1=O. The Labute approximate surface area is 202 Å². The minimum Gasteiger partial charge on any atom is -0.480 e. The number of carbonyl (C=O) groups excluding carboxylic acids is 4. The Balaban J connectivity index is 2.01. The summed E-state index contributed by atoms with van der Waals surface area (Å²) in [5.74, 6) is -4.06. The molecule has 0 aliphatic carbocycles. The average molecular weight is 482 g/mol. The van der Waals surface area contributed by atoms with E-state index in [0.717, 1.165) is 0 Å². The lowest BCUT2D eigenvalue weighted by Crippen LogP contribution is -2.61. The lowest BCUT2D eigenvalue weighted by molar-refractivity contribution is -0.160. The van der Waals surface area contributed by atoms with Crippen molar-refractivity contribution in [2.75, 3.05) is 0 Å². The Bertz CT molecular complexity index is 1120. The molecule has 4 amide bonds. The summed E-state index contributed by atoms with van der Waals surface area (Å²) in [5, 5.41) is 13.3. The number of carboxylic acid groups (broad SMARTS) is 1. The second-order valence-electron chi connectivity index (χ2n) is 9.05. The van der Waals surface area contributed by atoms with E-state index in [-0.39, 0.29) is 17.5 Å². The second-order valence-corrected chi connectivity index (χ2v) is 9.05. The number of hydrogen-bond donors (Lipinski definition) is 2. The molecule has 0 saturated carbocycles. The van der Waals surface area contributed by atoms with Crippen LogP contribution >= 0.6 is 0 Å². The van der Waals surface area contributed by atoms with Crippen LogP contribution in [0.5, 0.6) is 0 Å². The predicted molar refractivity (Wildman–Crippen MR) is 124 cm³/mol. The number of nitrogens with one attached hydrogen (secondary N) is 1. The van der Waals surface area contributed by atoms with Crippen LogP contribution in [0.2, 0.25) is 0 Å². The Hall–Kier alpha value is -4.21. The van der Waals surface area contributed by atoms with Crippen molar-refractivity contribution >= 4 is 29.8 Å². The van der Waals surface area contributed by atoms with Crippen molar-refractivity contribution in [1.29, 1.82) is 0 Å². The van der Waals surface area contributed by atoms with Gasteiger partial charge >= 0.3 is 12.1 Å². The van der Waals surface area contributed by atoms with Gasteiger partial charge in [-0.2, -0.15) is 5.01 Å². The van der Waals surface area contributed by atoms with Gasteiger partial charge in [0.15, 0.2) is 0 Å². The average Bonchev–Trinajstić information content (AvgIpc) is 3.03. The topological polar surface area (TPSA) is 133 Å². The molecule has 0 bridgehead atoms. The summed E-state index contributed by atoms with van der Waals surface area (Å²) in [6, 6.07) is 11.7. The summed E-state index contributed by atoms with van der Waals surface area (Å²) in [6.45, 7) is 6.13. The smallest absolute Gasteiger partial charge is 0.408 e. The molecule has 2 aromatic rings. The van der Waals surface area contributed by atoms with Gasteiger partial charge in [0.1, 0.15) is 17.7 Å². The number of rotatable bonds is 7. The van der Waals surface area contributed by atoms with Crippen molar-refractivity contribution in [3.8, 4) is 0 Å². The monoisotopic (exact) mass is 481 g/mol. The molecule has 1 aliphatic rings. The van der Waals surface area contributed by atoms with Crippen LogP contribution in [0.15, 0.2) is 54.6 Å². The number of ether oxygens (including phenoxy) is 1. The number of imide groups is 1. The zero-order valence-electron chi connectivity index (χ0n) is 19.8. The highest BCUT2D eigenvalue weighted by molar-refractivity contribution is 6.22. The van der Waals surface area contributed by atoms with Crippen LogP contribution in [0.25, 0.3) is 0 Å². The molecule has 35 heavy (non-hydrogen) atoms. The van der Waals surface area contributed by atoms with E-state index in [2.05, 4.69) is 5.32 Å². The third kappa shape index (κ3) is 5.65. The van der Waals surface area contributed by atoms with Crippen molar-refractivity contribution in [3.05, 3.63) is 71.3 Å². The number of amides is 4. The number of carboxylic acids is 1. The third-order valence-corrected chi connectivity index (χ3v) is 5.21. The molecule has 3 rings (SSSR count). The maximum Gasteiger partial charge on any atom is 0.408 e. The van der Waals surface area contributed by atoms with Crippen molar-refractivity contribution in [1.82, 2.24) is 15.3 Å². The number of aliphatic carboxylic acids is 1. The fourth-order valence-corrected chi connectivity index (χ4v) is 3.60. The predicted octanol–water partition coefficient (Wildman–Crippen LogP) is 2.64. The number of alkyl carbamates (subject to hydrolysis) is 1. The Kier molecular flexibility index (Phi) is 7.23. The number of hydrogen-bond acceptors (Lipinski definition) is 6. The molecule has 0 unspecified atom stereocenters. The van der Waals surface area contributed by atoms with Crippen molar-refractivity contribution < 1.29 is 33.8 Å². The summed E-state index contributed by atoms with van der Waals surface area (Å²) in [4.78, 5) is 64.4. The van der Waals surface area contributed by atoms with E-state index in [1.54, 1.807) is 63.2 Å². The number of nitrogens with zero attached hydrogens (tertiary/aromatic N) is 2. The van der Waals surface area contributed by atoms with Gasteiger partial charge in [0.05, 0.1) is 11.1 Å². The molecule has 2 N–H and O–H groups in total. The normalized spacial score (nSPS) is 14.7. The first-order chi connectivity index (χ1) is 16.4. The van der Waals surface area contributed by atoms with Gasteiger partial charge in [-0.15, -0.1) is 0 Å². The van der Waals surface area contributed by atoms with E-state index < -0.39 is 47.5 Å². The standard InChI is InChI=1S/C25H27N3O7/c1-15(23(32)33)27(28-20(29)17-12-8-9-13-18(17)21(28)30)22(31)19(14-16-10-6-5-7-11-16)26-24(34)35-25(2,3)4/h5-13,15,19H,14H2,1-4H3,(H,26,34)(H,32,33)/t15-,19-/m0/s1. The number of fused-ring (bicyclic) bond motifs is 1. The molecule has 10 nitrogen and oxygen atoms in total. The molecular formula is C25H27N3O7. The zero-order valence-corrected chi connectivity index (χ0v) is 19.8. The van der Waals surface area contributed by atoms with E-state index >= 15 is 0 Å². The number of hydrazine groups is 1. The van der Waals surface area contributed by atoms with E-state index in [9.17, 15) is 29.1 Å². The Morgan fingerprint density at radius 2 is 1.49 bits per heavy atom. The van der Waals surface area contributed by atoms with Gasteiger partial charge in [-0.1, -0.05) is 42.5 Å². The van der Waals surface area contributed by atoms with Crippen LogP contribution in [0, 0.1) is 0 Å². The summed E-state index contributed by atoms with van der Waals surface area (Å²) in [5.41, 5.74) is -0.103. The zero-order chi connectivity index (χ0) is 25.9. The van der Waals surface area contributed by atoms with E-state index in [4.69, 9.17) is 4.74 Å². The molecule has 0 spiro atoms. The summed E-state index contributed by atoms with van der Waals surface area (Å²) >= 11 is 0. The summed E-state index contributed by atoms with van der Waals surface area (Å²) in [6.07, 6.45) is -0.942. The van der Waals surface area contributed by atoms with Crippen LogP contribution in [0.3, 0.4) is 0 Å². The Morgan fingerprint density at radius 3 is 1.97 bits per heavy atom. The molecule has 0 fully saturated rings. The lowest BCUT2D eigenvalue weighted by Gasteiger charge is -2.35. The van der Waals surface area contributed by atoms with Gasteiger partial charge in [0, 0.05) is 6.42 Å². The lowest BCUT2D eigenvalue weighted by atomic mass is 10.0. The fourth-order valence-electron chi connectivity index (χ4n) is 3.60. The van der Waals surface area contributed by atoms with Gasteiger partial charge in [-0.05, 0) is 45.4 Å². The summed E-state index contributed by atoms with van der Waals surface area (Å²) in [7, 11) is 0. The molecular weight excluding hydrogens is 454 g/mol. The minimum atomic E-state index is -1.59. The maximum absolute atomic E-state index is 13.8. The minimum absolute atomic E-state index is 0.0368. The molecule has 2 aromatic carbocycles. The van der Waals surface area contributed by atoms with Crippen LogP contribution in [0.4, 0.5) is 4.79 Å². The number of carbonyl (C=O) groups is 5. The van der Waals surface area contributed by atoms with Crippen molar-refractivity contribution in [3.63, 3.8) is 0 Å². The highest BCUT2D eigenvalue weighted by Crippen LogP contribution is 2.26. The van der Waals surface area contributed by atoms with Crippen molar-refractivity contribution in [2.24, 2.45) is 0 Å². The van der Waals surface area contributed by atoms with Crippen LogP contribution in [-0.2, 0) is 20.7 Å². The first kappa shape index (κ1) is 25.4. The second kappa shape index (κ2) is 9.96. The first-order valence-corrected chi connectivity index (χ1v) is 11.0. The van der Waals surface area contributed by atoms with Crippen LogP contribution in [0.1, 0.15) is 54.0 Å². The van der Waals surface area contributed by atoms with Gasteiger partial charge in [-0.25, -0.2) is 14.6 Å². The molecule has 0 radical (unpaired) electrons.